The van der Waals surface area contributed by atoms with Crippen LogP contribution < -0.4 is 5.48 Å². The molecule has 0 fully saturated rings. The van der Waals surface area contributed by atoms with Crippen molar-refractivity contribution in [2.24, 2.45) is 0 Å². The quantitative estimate of drug-likeness (QED) is 0.472. The van der Waals surface area contributed by atoms with E-state index >= 15 is 0 Å². The van der Waals surface area contributed by atoms with E-state index in [-0.39, 0.29) is 6.61 Å². The molecule has 0 saturated carbocycles. The zero-order valence-electron chi connectivity index (χ0n) is 10.7. The van der Waals surface area contributed by atoms with Crippen LogP contribution in [0.25, 0.3) is 0 Å². The molecule has 0 saturated heterocycles. The van der Waals surface area contributed by atoms with E-state index in [0.717, 1.165) is 0 Å². The molecule has 0 aromatic heterocycles. The van der Waals surface area contributed by atoms with Crippen molar-refractivity contribution in [3.05, 3.63) is 35.9 Å². The van der Waals surface area contributed by atoms with Crippen molar-refractivity contribution in [2.45, 2.75) is 0 Å². The molecular weight excluding hydrogens is 250 g/mol. The van der Waals surface area contributed by atoms with Gasteiger partial charge in [0.05, 0.1) is 45.1 Å². The van der Waals surface area contributed by atoms with Gasteiger partial charge in [0, 0.05) is 0 Å². The first-order valence-electron chi connectivity index (χ1n) is 6.10. The lowest BCUT2D eigenvalue weighted by Gasteiger charge is -2.07. The van der Waals surface area contributed by atoms with Gasteiger partial charge in [0.2, 0.25) is 0 Å². The molecule has 0 aliphatic rings. The molecule has 0 aliphatic heterocycles. The molecule has 1 aromatic rings. The Morgan fingerprint density at radius 1 is 1.05 bits per heavy atom. The second kappa shape index (κ2) is 10.5. The van der Waals surface area contributed by atoms with Crippen LogP contribution in [0.15, 0.2) is 30.3 Å². The molecule has 106 valence electrons. The molecule has 0 radical (unpaired) electrons. The predicted octanol–water partition coefficient (Wildman–Crippen LogP) is 0.373. The minimum absolute atomic E-state index is 0.0109. The Kier molecular flexibility index (Phi) is 8.57. The fourth-order valence-electron chi connectivity index (χ4n) is 1.25. The van der Waals surface area contributed by atoms with Crippen molar-refractivity contribution in [3.8, 4) is 0 Å². The van der Waals surface area contributed by atoms with Crippen molar-refractivity contribution in [2.75, 3.05) is 39.6 Å². The number of ether oxygens (including phenoxy) is 2. The van der Waals surface area contributed by atoms with Gasteiger partial charge in [0.25, 0.3) is 0 Å². The summed E-state index contributed by atoms with van der Waals surface area (Å²) in [4.78, 5) is 16.3. The first-order chi connectivity index (χ1) is 9.34. The van der Waals surface area contributed by atoms with Gasteiger partial charge in [-0.25, -0.2) is 4.79 Å². The summed E-state index contributed by atoms with van der Waals surface area (Å²) in [6.45, 7) is 2.01. The summed E-state index contributed by atoms with van der Waals surface area (Å²) in [7, 11) is 0. The number of hydrogen-bond donors (Lipinski definition) is 2. The topological polar surface area (TPSA) is 77.0 Å². The fraction of sp³-hybridized carbons (Fsp3) is 0.462. The molecule has 6 heteroatoms. The van der Waals surface area contributed by atoms with Crippen LogP contribution in [0.4, 0.5) is 0 Å². The average Bonchev–Trinajstić information content (AvgIpc) is 2.46. The van der Waals surface area contributed by atoms with Gasteiger partial charge in [0.1, 0.15) is 0 Å². The average molecular weight is 269 g/mol. The minimum Gasteiger partial charge on any atom is -0.394 e. The Labute approximate surface area is 112 Å². The maximum atomic E-state index is 11.5. The summed E-state index contributed by atoms with van der Waals surface area (Å²) >= 11 is 0. The highest BCUT2D eigenvalue weighted by molar-refractivity contribution is 5.89. The second-order valence-electron chi connectivity index (χ2n) is 3.60. The maximum absolute atomic E-state index is 11.5. The highest BCUT2D eigenvalue weighted by atomic mass is 16.7. The number of rotatable bonds is 10. The van der Waals surface area contributed by atoms with Crippen molar-refractivity contribution < 1.29 is 24.2 Å². The Bertz CT molecular complexity index is 344. The van der Waals surface area contributed by atoms with E-state index in [9.17, 15) is 4.79 Å². The summed E-state index contributed by atoms with van der Waals surface area (Å²) in [5.41, 5.74) is 3.02. The van der Waals surface area contributed by atoms with Gasteiger partial charge in [-0.15, -0.1) is 0 Å². The smallest absolute Gasteiger partial charge is 0.356 e. The Hall–Kier alpha value is -1.47. The maximum Gasteiger partial charge on any atom is 0.356 e. The molecule has 0 bridgehead atoms. The third-order valence-electron chi connectivity index (χ3n) is 2.13. The molecule has 0 aliphatic carbocycles. The number of hydroxylamine groups is 1. The van der Waals surface area contributed by atoms with Crippen LogP contribution in [0, 0.1) is 0 Å². The molecule has 0 amide bonds. The molecule has 1 aromatic carbocycles. The van der Waals surface area contributed by atoms with Gasteiger partial charge in [-0.1, -0.05) is 18.2 Å². The number of aliphatic hydroxyl groups excluding tert-OH is 1. The molecular formula is C13H19NO5. The first kappa shape index (κ1) is 15.6. The molecule has 2 N–H and O–H groups in total. The summed E-state index contributed by atoms with van der Waals surface area (Å²) in [6, 6.07) is 8.73. The lowest BCUT2D eigenvalue weighted by Crippen LogP contribution is -2.24. The fourth-order valence-corrected chi connectivity index (χ4v) is 1.25. The van der Waals surface area contributed by atoms with Crippen molar-refractivity contribution in [1.29, 1.82) is 0 Å². The Balaban J connectivity index is 1.95. The highest BCUT2D eigenvalue weighted by Gasteiger charge is 2.04. The van der Waals surface area contributed by atoms with Gasteiger partial charge in [0.15, 0.2) is 0 Å². The summed E-state index contributed by atoms with van der Waals surface area (Å²) in [6.07, 6.45) is 0. The van der Waals surface area contributed by atoms with Crippen LogP contribution in [0.5, 0.6) is 0 Å². The van der Waals surface area contributed by atoms with Gasteiger partial charge in [-0.3, -0.25) is 0 Å². The third kappa shape index (κ3) is 7.53. The molecule has 19 heavy (non-hydrogen) atoms. The van der Waals surface area contributed by atoms with Crippen LogP contribution in [0.1, 0.15) is 10.4 Å². The summed E-state index contributed by atoms with van der Waals surface area (Å²) in [5, 5.41) is 8.46. The van der Waals surface area contributed by atoms with Crippen LogP contribution in [-0.2, 0) is 14.3 Å². The van der Waals surface area contributed by atoms with Gasteiger partial charge < -0.3 is 19.4 Å². The minimum atomic E-state index is -0.424. The molecule has 6 nitrogen and oxygen atoms in total. The van der Waals surface area contributed by atoms with E-state index < -0.39 is 5.97 Å². The molecule has 0 spiro atoms. The van der Waals surface area contributed by atoms with Crippen molar-refractivity contribution in [3.63, 3.8) is 0 Å². The van der Waals surface area contributed by atoms with E-state index in [2.05, 4.69) is 5.48 Å². The monoisotopic (exact) mass is 269 g/mol. The number of carbonyl (C=O) groups excluding carboxylic acids is 1. The van der Waals surface area contributed by atoms with Crippen LogP contribution in [0.2, 0.25) is 0 Å². The van der Waals surface area contributed by atoms with E-state index in [1.165, 1.54) is 0 Å². The predicted molar refractivity (Wildman–Crippen MR) is 68.6 cm³/mol. The number of carbonyl (C=O) groups is 1. The standard InChI is InChI=1S/C13H19NO5/c15-7-9-18-11-10-17-8-6-14-19-13(16)12-4-2-1-3-5-12/h1-5,14-15H,6-11H2. The molecule has 0 unspecified atom stereocenters. The lowest BCUT2D eigenvalue weighted by atomic mass is 10.2. The van der Waals surface area contributed by atoms with E-state index in [1.807, 2.05) is 6.07 Å². The SMILES string of the molecule is O=C(ONCCOCCOCCO)c1ccccc1. The normalized spacial score (nSPS) is 10.4. The van der Waals surface area contributed by atoms with Crippen molar-refractivity contribution in [1.82, 2.24) is 5.48 Å². The summed E-state index contributed by atoms with van der Waals surface area (Å²) in [5.74, 6) is -0.424. The second-order valence-corrected chi connectivity index (χ2v) is 3.60. The van der Waals surface area contributed by atoms with Gasteiger partial charge in [-0.2, -0.15) is 5.48 Å². The first-order valence-corrected chi connectivity index (χ1v) is 6.10. The van der Waals surface area contributed by atoms with Crippen molar-refractivity contribution >= 4 is 5.97 Å². The van der Waals surface area contributed by atoms with Crippen LogP contribution >= 0.6 is 0 Å². The van der Waals surface area contributed by atoms with E-state index in [1.54, 1.807) is 24.3 Å². The Morgan fingerprint density at radius 2 is 1.74 bits per heavy atom. The Morgan fingerprint density at radius 3 is 2.42 bits per heavy atom. The van der Waals surface area contributed by atoms with Gasteiger partial charge in [-0.05, 0) is 12.1 Å². The van der Waals surface area contributed by atoms with E-state index in [0.29, 0.717) is 38.5 Å². The molecule has 1 rings (SSSR count). The molecule has 0 heterocycles. The molecule has 0 atom stereocenters. The number of benzene rings is 1. The largest absolute Gasteiger partial charge is 0.394 e. The zero-order valence-corrected chi connectivity index (χ0v) is 10.7. The van der Waals surface area contributed by atoms with Crippen LogP contribution in [0.3, 0.4) is 0 Å². The van der Waals surface area contributed by atoms with Crippen LogP contribution in [-0.4, -0.2) is 50.7 Å². The number of nitrogens with one attached hydrogen (secondary N) is 1. The third-order valence-corrected chi connectivity index (χ3v) is 2.13. The number of hydrogen-bond acceptors (Lipinski definition) is 6. The number of aliphatic hydroxyl groups is 1. The van der Waals surface area contributed by atoms with Gasteiger partial charge >= 0.3 is 5.97 Å². The summed E-state index contributed by atoms with van der Waals surface area (Å²) < 4.78 is 10.2. The van der Waals surface area contributed by atoms with E-state index in [4.69, 9.17) is 19.4 Å². The zero-order chi connectivity index (χ0) is 13.8. The lowest BCUT2D eigenvalue weighted by molar-refractivity contribution is 0.00752. The highest BCUT2D eigenvalue weighted by Crippen LogP contribution is 1.99.